The van der Waals surface area contributed by atoms with Gasteiger partial charge in [0.05, 0.1) is 44.3 Å². The van der Waals surface area contributed by atoms with Crippen LogP contribution in [0.4, 0.5) is 10.5 Å². The molecule has 174 valence electrons. The van der Waals surface area contributed by atoms with Crippen LogP contribution in [0.25, 0.3) is 11.4 Å². The number of carbonyl (C=O) groups excluding carboxylic acids is 1. The Morgan fingerprint density at radius 1 is 1.22 bits per heavy atom. The van der Waals surface area contributed by atoms with Crippen LogP contribution >= 0.6 is 0 Å². The van der Waals surface area contributed by atoms with E-state index in [0.29, 0.717) is 49.2 Å². The Kier molecular flexibility index (Phi) is 7.34. The van der Waals surface area contributed by atoms with Gasteiger partial charge in [-0.3, -0.25) is 9.36 Å². The highest BCUT2D eigenvalue weighted by Crippen LogP contribution is 2.25. The van der Waals surface area contributed by atoms with Crippen molar-refractivity contribution in [3.63, 3.8) is 0 Å². The van der Waals surface area contributed by atoms with E-state index in [1.807, 2.05) is 26.8 Å². The van der Waals surface area contributed by atoms with Crippen molar-refractivity contribution in [3.05, 3.63) is 33.9 Å². The van der Waals surface area contributed by atoms with Crippen LogP contribution in [0.15, 0.2) is 16.9 Å². The van der Waals surface area contributed by atoms with E-state index in [4.69, 9.17) is 19.2 Å². The predicted molar refractivity (Wildman–Crippen MR) is 120 cm³/mol. The van der Waals surface area contributed by atoms with E-state index < -0.39 is 6.09 Å². The lowest BCUT2D eigenvalue weighted by Gasteiger charge is -2.22. The first-order chi connectivity index (χ1) is 15.3. The molecule has 10 heteroatoms. The van der Waals surface area contributed by atoms with Crippen molar-refractivity contribution in [2.24, 2.45) is 7.05 Å². The van der Waals surface area contributed by atoms with Gasteiger partial charge in [0, 0.05) is 31.8 Å². The van der Waals surface area contributed by atoms with Gasteiger partial charge in [-0.25, -0.2) is 14.8 Å². The van der Waals surface area contributed by atoms with Crippen LogP contribution in [-0.2, 0) is 22.9 Å². The molecule has 2 unspecified atom stereocenters. The molecule has 1 amide bonds. The maximum absolute atomic E-state index is 13.4. The molecule has 0 bridgehead atoms. The molecule has 2 atom stereocenters. The van der Waals surface area contributed by atoms with Gasteiger partial charge < -0.3 is 24.4 Å². The number of pyridine rings is 1. The average molecular weight is 446 g/mol. The summed E-state index contributed by atoms with van der Waals surface area (Å²) >= 11 is 0. The summed E-state index contributed by atoms with van der Waals surface area (Å²) in [5.41, 5.74) is 2.34. The molecule has 1 fully saturated rings. The second kappa shape index (κ2) is 9.99. The molecule has 0 aromatic carbocycles. The summed E-state index contributed by atoms with van der Waals surface area (Å²) < 4.78 is 17.4. The van der Waals surface area contributed by atoms with Crippen LogP contribution in [-0.4, -0.2) is 71.6 Å². The molecule has 10 nitrogen and oxygen atoms in total. The van der Waals surface area contributed by atoms with E-state index in [1.165, 1.54) is 11.7 Å². The number of aromatic nitrogens is 3. The van der Waals surface area contributed by atoms with Crippen LogP contribution in [0.2, 0.25) is 0 Å². The number of nitrogens with zero attached hydrogens (tertiary/aromatic N) is 4. The fourth-order valence-electron chi connectivity index (χ4n) is 3.93. The minimum absolute atomic E-state index is 0.200. The van der Waals surface area contributed by atoms with Crippen LogP contribution in [0.3, 0.4) is 0 Å². The van der Waals surface area contributed by atoms with E-state index in [2.05, 4.69) is 10.3 Å². The molecule has 1 saturated heterocycles. The number of carbonyl (C=O) groups is 1. The number of amides is 1. The van der Waals surface area contributed by atoms with E-state index in [0.717, 1.165) is 11.3 Å². The van der Waals surface area contributed by atoms with Gasteiger partial charge >= 0.3 is 6.09 Å². The van der Waals surface area contributed by atoms with Crippen LogP contribution < -0.4 is 15.6 Å². The van der Waals surface area contributed by atoms with Crippen molar-refractivity contribution in [2.45, 2.75) is 39.3 Å². The zero-order chi connectivity index (χ0) is 23.4. The molecule has 1 aliphatic heterocycles. The average Bonchev–Trinajstić information content (AvgIpc) is 3.19. The molecule has 0 aliphatic carbocycles. The van der Waals surface area contributed by atoms with Gasteiger partial charge in [0.25, 0.3) is 5.56 Å². The Hall–Kier alpha value is -3.14. The molecule has 2 aromatic rings. The molecule has 0 spiro atoms. The van der Waals surface area contributed by atoms with Crippen LogP contribution in [0.5, 0.6) is 5.88 Å². The van der Waals surface area contributed by atoms with Crippen LogP contribution in [0.1, 0.15) is 25.2 Å². The van der Waals surface area contributed by atoms with Gasteiger partial charge in [0.15, 0.2) is 0 Å². The normalized spacial score (nSPS) is 18.0. The van der Waals surface area contributed by atoms with E-state index in [9.17, 15) is 9.59 Å². The Morgan fingerprint density at radius 3 is 2.56 bits per heavy atom. The van der Waals surface area contributed by atoms with Crippen LogP contribution in [0, 0.1) is 6.92 Å². The zero-order valence-corrected chi connectivity index (χ0v) is 19.5. The summed E-state index contributed by atoms with van der Waals surface area (Å²) in [6.07, 6.45) is -0.124. The first kappa shape index (κ1) is 23.5. The molecule has 1 N–H and O–H groups in total. The molecular weight excluding hydrogens is 414 g/mol. The predicted octanol–water partition coefficient (Wildman–Crippen LogP) is 1.99. The second-order valence-electron chi connectivity index (χ2n) is 7.58. The van der Waals surface area contributed by atoms with Gasteiger partial charge in [0.1, 0.15) is 11.5 Å². The van der Waals surface area contributed by atoms with E-state index in [1.54, 1.807) is 25.1 Å². The van der Waals surface area contributed by atoms with Gasteiger partial charge in [-0.1, -0.05) is 6.92 Å². The number of rotatable bonds is 7. The molecule has 2 aromatic heterocycles. The van der Waals surface area contributed by atoms with Crippen molar-refractivity contribution in [1.82, 2.24) is 19.4 Å². The van der Waals surface area contributed by atoms with Gasteiger partial charge in [0.2, 0.25) is 5.88 Å². The summed E-state index contributed by atoms with van der Waals surface area (Å²) in [5, 5.41) is 3.32. The van der Waals surface area contributed by atoms with Crippen molar-refractivity contribution in [2.75, 3.05) is 39.2 Å². The number of hydrogen-bond donors (Lipinski definition) is 1. The first-order valence-corrected chi connectivity index (χ1v) is 10.7. The van der Waals surface area contributed by atoms with Crippen molar-refractivity contribution < 1.29 is 19.0 Å². The molecule has 3 rings (SSSR count). The van der Waals surface area contributed by atoms with Crippen molar-refractivity contribution in [3.8, 4) is 17.3 Å². The number of nitrogens with one attached hydrogen (secondary N) is 1. The third-order valence-corrected chi connectivity index (χ3v) is 5.62. The maximum atomic E-state index is 13.4. The molecule has 0 saturated carbocycles. The van der Waals surface area contributed by atoms with Gasteiger partial charge in [-0.2, -0.15) is 0 Å². The van der Waals surface area contributed by atoms with E-state index >= 15 is 0 Å². The standard InChI is InChI=1S/C22H31N5O5/c1-7-15-19(24-16-11-27(22(29)31-6)12-17(16)32-8-2)21(28)26(4)20(25-15)14-9-10-18(30-5)23-13(14)3/h9-10,16-17,24H,7-8,11-12H2,1-6H3. The summed E-state index contributed by atoms with van der Waals surface area (Å²) in [4.78, 5) is 36.2. The second-order valence-corrected chi connectivity index (χ2v) is 7.58. The van der Waals surface area contributed by atoms with Gasteiger partial charge in [-0.15, -0.1) is 0 Å². The lowest BCUT2D eigenvalue weighted by atomic mass is 10.1. The summed E-state index contributed by atoms with van der Waals surface area (Å²) in [6, 6.07) is 3.34. The smallest absolute Gasteiger partial charge is 0.409 e. The minimum atomic E-state index is -0.418. The highest BCUT2D eigenvalue weighted by atomic mass is 16.5. The molecule has 32 heavy (non-hydrogen) atoms. The SMILES string of the molecule is CCOC1CN(C(=O)OC)CC1Nc1c(CC)nc(-c2ccc(OC)nc2C)n(C)c1=O. The summed E-state index contributed by atoms with van der Waals surface area (Å²) in [7, 11) is 4.60. The third kappa shape index (κ3) is 4.55. The molecule has 0 radical (unpaired) electrons. The topological polar surface area (TPSA) is 108 Å². The highest BCUT2D eigenvalue weighted by Gasteiger charge is 2.37. The van der Waals surface area contributed by atoms with Gasteiger partial charge in [-0.05, 0) is 26.3 Å². The van der Waals surface area contributed by atoms with Crippen molar-refractivity contribution >= 4 is 11.8 Å². The number of methoxy groups -OCH3 is 2. The fraction of sp³-hybridized carbons (Fsp3) is 0.545. The lowest BCUT2D eigenvalue weighted by molar-refractivity contribution is 0.0614. The fourth-order valence-corrected chi connectivity index (χ4v) is 3.93. The summed E-state index contributed by atoms with van der Waals surface area (Å²) in [5.74, 6) is 1.04. The number of ether oxygens (including phenoxy) is 3. The zero-order valence-electron chi connectivity index (χ0n) is 19.5. The summed E-state index contributed by atoms with van der Waals surface area (Å²) in [6.45, 7) is 6.96. The number of hydrogen-bond acceptors (Lipinski definition) is 8. The number of aryl methyl sites for hydroxylation is 2. The largest absolute Gasteiger partial charge is 0.481 e. The Morgan fingerprint density at radius 2 is 1.97 bits per heavy atom. The number of likely N-dealkylation sites (tertiary alicyclic amines) is 1. The quantitative estimate of drug-likeness (QED) is 0.689. The Balaban J connectivity index is 1.98. The molecular formula is C22H31N5O5. The maximum Gasteiger partial charge on any atom is 0.409 e. The van der Waals surface area contributed by atoms with Crippen molar-refractivity contribution in [1.29, 1.82) is 0 Å². The molecule has 1 aliphatic rings. The Labute approximate surface area is 187 Å². The minimum Gasteiger partial charge on any atom is -0.481 e. The first-order valence-electron chi connectivity index (χ1n) is 10.7. The highest BCUT2D eigenvalue weighted by molar-refractivity contribution is 5.68. The van der Waals surface area contributed by atoms with E-state index in [-0.39, 0.29) is 17.7 Å². The lowest BCUT2D eigenvalue weighted by Crippen LogP contribution is -2.38. The monoisotopic (exact) mass is 445 g/mol. The molecule has 3 heterocycles. The third-order valence-electron chi connectivity index (χ3n) is 5.62. The Bertz CT molecular complexity index is 1040. The number of anilines is 1.